The Morgan fingerprint density at radius 3 is 3.00 bits per heavy atom. The Labute approximate surface area is 56.1 Å². The molecule has 0 aliphatic heterocycles. The zero-order valence-corrected chi connectivity index (χ0v) is 5.72. The molecule has 1 heterocycles. The van der Waals surface area contributed by atoms with E-state index in [9.17, 15) is 0 Å². The molecule has 0 aliphatic rings. The first-order valence-electron chi connectivity index (χ1n) is 2.16. The molecule has 0 fully saturated rings. The van der Waals surface area contributed by atoms with Crippen LogP contribution in [0.1, 0.15) is 5.69 Å². The average molecular weight is 172 g/mol. The van der Waals surface area contributed by atoms with Crippen LogP contribution in [0.5, 0.6) is 0 Å². The van der Waals surface area contributed by atoms with E-state index in [1.807, 2.05) is 0 Å². The zero-order chi connectivity index (χ0) is 5.82. The van der Waals surface area contributed by atoms with Crippen LogP contribution in [-0.4, -0.2) is 9.97 Å². The fraction of sp³-hybridized carbons (Fsp3) is 0.200. The lowest BCUT2D eigenvalue weighted by Crippen LogP contribution is -1.83. The van der Waals surface area contributed by atoms with Crippen molar-refractivity contribution >= 4 is 15.9 Å². The minimum atomic E-state index is 0.746. The highest BCUT2D eigenvalue weighted by molar-refractivity contribution is 9.08. The van der Waals surface area contributed by atoms with Crippen molar-refractivity contribution in [3.05, 3.63) is 24.3 Å². The summed E-state index contributed by atoms with van der Waals surface area (Å²) < 4.78 is 0. The Kier molecular flexibility index (Phi) is 1.97. The molecular formula is C5H4BrN2. The molecule has 0 spiro atoms. The van der Waals surface area contributed by atoms with E-state index in [2.05, 4.69) is 32.0 Å². The first kappa shape index (κ1) is 5.69. The molecule has 0 aliphatic carbocycles. The Balaban J connectivity index is 2.83. The molecule has 3 heteroatoms. The van der Waals surface area contributed by atoms with Crippen molar-refractivity contribution in [3.8, 4) is 0 Å². The van der Waals surface area contributed by atoms with E-state index >= 15 is 0 Å². The van der Waals surface area contributed by atoms with Crippen LogP contribution < -0.4 is 0 Å². The van der Waals surface area contributed by atoms with Crippen LogP contribution in [-0.2, 0) is 5.33 Å². The van der Waals surface area contributed by atoms with Gasteiger partial charge in [-0.1, -0.05) is 15.9 Å². The molecule has 0 aromatic carbocycles. The second kappa shape index (κ2) is 2.77. The maximum Gasteiger partial charge on any atom is 0.115 e. The Morgan fingerprint density at radius 2 is 2.62 bits per heavy atom. The number of hydrogen-bond acceptors (Lipinski definition) is 2. The van der Waals surface area contributed by atoms with Gasteiger partial charge < -0.3 is 0 Å². The van der Waals surface area contributed by atoms with Crippen LogP contribution in [0.4, 0.5) is 0 Å². The van der Waals surface area contributed by atoms with Gasteiger partial charge in [0.25, 0.3) is 0 Å². The second-order valence-electron chi connectivity index (χ2n) is 1.25. The second-order valence-corrected chi connectivity index (χ2v) is 1.81. The number of halogens is 1. The molecule has 0 N–H and O–H groups in total. The maximum absolute atomic E-state index is 3.88. The molecular weight excluding hydrogens is 168 g/mol. The Hall–Kier alpha value is -0.440. The fourth-order valence-electron chi connectivity index (χ4n) is 0.358. The molecule has 0 amide bonds. The van der Waals surface area contributed by atoms with Crippen LogP contribution >= 0.6 is 15.9 Å². The largest absolute Gasteiger partial charge is 0.244 e. The fourth-order valence-corrected chi connectivity index (χ4v) is 0.665. The minimum absolute atomic E-state index is 0.746. The van der Waals surface area contributed by atoms with Crippen LogP contribution in [0, 0.1) is 6.07 Å². The summed E-state index contributed by atoms with van der Waals surface area (Å²) in [5.41, 5.74) is 0.889. The molecule has 0 saturated carbocycles. The van der Waals surface area contributed by atoms with E-state index in [1.165, 1.54) is 6.33 Å². The third-order valence-electron chi connectivity index (χ3n) is 0.713. The van der Waals surface area contributed by atoms with Crippen LogP contribution in [0.25, 0.3) is 0 Å². The average Bonchev–Trinajstić information content (AvgIpc) is 1.90. The first-order valence-corrected chi connectivity index (χ1v) is 3.28. The standard InChI is InChI=1S/C5H4BrN2/c6-3-5-1-2-7-4-8-5/h2,4H,3H2. The molecule has 2 nitrogen and oxygen atoms in total. The van der Waals surface area contributed by atoms with E-state index in [0.29, 0.717) is 0 Å². The molecule has 8 heavy (non-hydrogen) atoms. The van der Waals surface area contributed by atoms with E-state index in [4.69, 9.17) is 0 Å². The van der Waals surface area contributed by atoms with E-state index in [-0.39, 0.29) is 0 Å². The van der Waals surface area contributed by atoms with Crippen molar-refractivity contribution in [1.82, 2.24) is 9.97 Å². The van der Waals surface area contributed by atoms with Gasteiger partial charge in [-0.3, -0.25) is 0 Å². The third kappa shape index (κ3) is 1.26. The highest BCUT2D eigenvalue weighted by Crippen LogP contribution is 1.95. The molecule has 1 rings (SSSR count). The Bertz CT molecular complexity index is 152. The van der Waals surface area contributed by atoms with Gasteiger partial charge in [-0.15, -0.1) is 0 Å². The molecule has 1 aromatic rings. The highest BCUT2D eigenvalue weighted by atomic mass is 79.9. The van der Waals surface area contributed by atoms with Gasteiger partial charge in [0.15, 0.2) is 0 Å². The van der Waals surface area contributed by atoms with Gasteiger partial charge in [0.1, 0.15) is 6.33 Å². The quantitative estimate of drug-likeness (QED) is 0.594. The van der Waals surface area contributed by atoms with E-state index in [1.54, 1.807) is 6.20 Å². The molecule has 1 aromatic heterocycles. The van der Waals surface area contributed by atoms with Gasteiger partial charge in [0.05, 0.1) is 5.69 Å². The lowest BCUT2D eigenvalue weighted by Gasteiger charge is -1.86. The first-order chi connectivity index (χ1) is 3.93. The van der Waals surface area contributed by atoms with E-state index < -0.39 is 0 Å². The molecule has 0 bridgehead atoms. The third-order valence-corrected chi connectivity index (χ3v) is 1.24. The number of alkyl halides is 1. The van der Waals surface area contributed by atoms with Gasteiger partial charge in [-0.25, -0.2) is 9.97 Å². The lowest BCUT2D eigenvalue weighted by molar-refractivity contribution is 1.09. The number of rotatable bonds is 1. The molecule has 41 valence electrons. The normalized spacial score (nSPS) is 9.12. The predicted molar refractivity (Wildman–Crippen MR) is 33.5 cm³/mol. The van der Waals surface area contributed by atoms with Gasteiger partial charge in [-0.2, -0.15) is 0 Å². The molecule has 0 unspecified atom stereocenters. The number of hydrogen-bond donors (Lipinski definition) is 0. The monoisotopic (exact) mass is 171 g/mol. The van der Waals surface area contributed by atoms with Crippen molar-refractivity contribution in [3.63, 3.8) is 0 Å². The predicted octanol–water partition coefficient (Wildman–Crippen LogP) is 1.17. The van der Waals surface area contributed by atoms with Gasteiger partial charge in [-0.05, 0) is 0 Å². The summed E-state index contributed by atoms with van der Waals surface area (Å²) in [6.45, 7) is 0. The summed E-state index contributed by atoms with van der Waals surface area (Å²) in [4.78, 5) is 7.59. The molecule has 0 atom stereocenters. The topological polar surface area (TPSA) is 25.8 Å². The van der Waals surface area contributed by atoms with Crippen molar-refractivity contribution < 1.29 is 0 Å². The zero-order valence-electron chi connectivity index (χ0n) is 4.13. The summed E-state index contributed by atoms with van der Waals surface area (Å²) in [5, 5.41) is 0.746. The van der Waals surface area contributed by atoms with Gasteiger partial charge in [0.2, 0.25) is 0 Å². The van der Waals surface area contributed by atoms with Crippen LogP contribution in [0.15, 0.2) is 12.5 Å². The van der Waals surface area contributed by atoms with Crippen molar-refractivity contribution in [2.45, 2.75) is 5.33 Å². The number of aromatic nitrogens is 2. The molecule has 1 radical (unpaired) electrons. The van der Waals surface area contributed by atoms with Crippen molar-refractivity contribution in [2.24, 2.45) is 0 Å². The van der Waals surface area contributed by atoms with Crippen molar-refractivity contribution in [2.75, 3.05) is 0 Å². The maximum atomic E-state index is 3.88. The Morgan fingerprint density at radius 1 is 1.75 bits per heavy atom. The summed E-state index contributed by atoms with van der Waals surface area (Å²) in [6.07, 6.45) is 3.11. The summed E-state index contributed by atoms with van der Waals surface area (Å²) >= 11 is 3.24. The molecule has 0 saturated heterocycles. The smallest absolute Gasteiger partial charge is 0.115 e. The van der Waals surface area contributed by atoms with Crippen LogP contribution in [0.2, 0.25) is 0 Å². The van der Waals surface area contributed by atoms with Gasteiger partial charge >= 0.3 is 0 Å². The van der Waals surface area contributed by atoms with Crippen LogP contribution in [0.3, 0.4) is 0 Å². The summed E-state index contributed by atoms with van der Waals surface area (Å²) in [6, 6.07) is 2.85. The number of nitrogens with zero attached hydrogens (tertiary/aromatic N) is 2. The minimum Gasteiger partial charge on any atom is -0.244 e. The van der Waals surface area contributed by atoms with Crippen molar-refractivity contribution in [1.29, 1.82) is 0 Å². The van der Waals surface area contributed by atoms with E-state index in [0.717, 1.165) is 11.0 Å². The highest BCUT2D eigenvalue weighted by Gasteiger charge is 1.84. The SMILES string of the molecule is BrCc1[c]cncn1. The van der Waals surface area contributed by atoms with Gasteiger partial charge in [0, 0.05) is 17.6 Å². The summed E-state index contributed by atoms with van der Waals surface area (Å²) in [7, 11) is 0. The lowest BCUT2D eigenvalue weighted by atomic mass is 10.5. The summed E-state index contributed by atoms with van der Waals surface area (Å²) in [5.74, 6) is 0.